The Morgan fingerprint density at radius 1 is 1.24 bits per heavy atom. The number of oxazole rings is 1. The Balaban J connectivity index is 1.29. The maximum atomic E-state index is 14.9. The highest BCUT2D eigenvalue weighted by Gasteiger charge is 2.71. The lowest BCUT2D eigenvalue weighted by Crippen LogP contribution is -2.39. The molecule has 0 radical (unpaired) electrons. The third kappa shape index (κ3) is 4.00. The van der Waals surface area contributed by atoms with Gasteiger partial charge in [0.15, 0.2) is 17.6 Å². The van der Waals surface area contributed by atoms with Crippen molar-refractivity contribution < 1.29 is 22.3 Å². The van der Waals surface area contributed by atoms with Crippen LogP contribution in [0.25, 0.3) is 11.0 Å². The van der Waals surface area contributed by atoms with Gasteiger partial charge in [-0.2, -0.15) is 4.39 Å². The van der Waals surface area contributed by atoms with Crippen molar-refractivity contribution in [2.24, 2.45) is 16.6 Å². The van der Waals surface area contributed by atoms with Crippen LogP contribution in [-0.4, -0.2) is 41.3 Å². The van der Waals surface area contributed by atoms with Gasteiger partial charge >= 0.3 is 0 Å². The van der Waals surface area contributed by atoms with Crippen LogP contribution in [0.2, 0.25) is 0 Å². The summed E-state index contributed by atoms with van der Waals surface area (Å²) < 4.78 is 52.0. The molecule has 0 saturated heterocycles. The minimum atomic E-state index is -2.61. The van der Waals surface area contributed by atoms with Gasteiger partial charge in [-0.25, -0.2) is 33.7 Å². The molecule has 3 atom stereocenters. The Labute approximate surface area is 212 Å². The Morgan fingerprint density at radius 3 is 2.89 bits per heavy atom. The Bertz CT molecular complexity index is 1520. The molecule has 3 N–H and O–H groups in total. The molecule has 2 aliphatic rings. The van der Waals surface area contributed by atoms with E-state index >= 15 is 0 Å². The summed E-state index contributed by atoms with van der Waals surface area (Å²) in [6, 6.07) is 3.15. The number of alkyl halides is 2. The minimum Gasteiger partial charge on any atom is -0.467 e. The lowest BCUT2D eigenvalue weighted by Gasteiger charge is -2.33. The molecule has 1 saturated carbocycles. The first-order valence-electron chi connectivity index (χ1n) is 11.2. The molecule has 14 heteroatoms. The Hall–Kier alpha value is -3.94. The highest BCUT2D eigenvalue weighted by atomic mass is 32.2. The van der Waals surface area contributed by atoms with Gasteiger partial charge in [0.1, 0.15) is 11.8 Å². The zero-order valence-corrected chi connectivity index (χ0v) is 20.0. The maximum Gasteiger partial charge on any atom is 0.253 e. The molecule has 1 fully saturated rings. The molecule has 1 unspecified atom stereocenters. The second kappa shape index (κ2) is 8.57. The van der Waals surface area contributed by atoms with E-state index in [1.54, 1.807) is 13.0 Å². The highest BCUT2D eigenvalue weighted by Crippen LogP contribution is 2.68. The van der Waals surface area contributed by atoms with Gasteiger partial charge in [-0.1, -0.05) is 11.8 Å². The van der Waals surface area contributed by atoms with Crippen molar-refractivity contribution in [2.45, 2.75) is 36.7 Å². The molecule has 6 rings (SSSR count). The van der Waals surface area contributed by atoms with Crippen LogP contribution in [0.4, 0.5) is 24.7 Å². The zero-order chi connectivity index (χ0) is 25.8. The summed E-state index contributed by atoms with van der Waals surface area (Å²) in [7, 11) is 0. The number of aliphatic imine (C=N–C) groups is 1. The number of hydrogen-bond acceptors (Lipinski definition) is 11. The first-order chi connectivity index (χ1) is 17.8. The molecule has 0 amide bonds. The monoisotopic (exact) mass is 528 g/mol. The van der Waals surface area contributed by atoms with Gasteiger partial charge in [0.05, 0.1) is 40.1 Å². The fourth-order valence-corrected chi connectivity index (χ4v) is 6.00. The summed E-state index contributed by atoms with van der Waals surface area (Å²) >= 11 is 0.861. The number of anilines is 2. The summed E-state index contributed by atoms with van der Waals surface area (Å²) in [6.07, 6.45) is 4.76. The minimum absolute atomic E-state index is 0.00107. The quantitative estimate of drug-likeness (QED) is 0.336. The summed E-state index contributed by atoms with van der Waals surface area (Å²) in [5, 5.41) is 3.08. The van der Waals surface area contributed by atoms with Crippen LogP contribution in [0.1, 0.15) is 24.8 Å². The number of thioether (sulfide) groups is 1. The second-order valence-electron chi connectivity index (χ2n) is 8.85. The van der Waals surface area contributed by atoms with E-state index in [1.165, 1.54) is 37.1 Å². The molecular formula is C23H19F3N8O2S. The largest absolute Gasteiger partial charge is 0.467 e. The molecule has 4 aromatic heterocycles. The SMILES string of the molecule is C[C@]1(c2cc(Nc3nccc4nc(OCc5ncco5)cnc34)cnc2F)N=C(N)S[C@@]2(C(F)F)CC21. The van der Waals surface area contributed by atoms with E-state index in [2.05, 4.69) is 35.2 Å². The van der Waals surface area contributed by atoms with Gasteiger partial charge in [0.2, 0.25) is 17.7 Å². The van der Waals surface area contributed by atoms with Crippen molar-refractivity contribution >= 4 is 39.5 Å². The molecule has 5 heterocycles. The number of nitrogens with two attached hydrogens (primary N) is 1. The first-order valence-corrected chi connectivity index (χ1v) is 12.0. The van der Waals surface area contributed by atoms with E-state index in [0.29, 0.717) is 28.4 Å². The third-order valence-corrected chi connectivity index (χ3v) is 7.86. The smallest absolute Gasteiger partial charge is 0.253 e. The van der Waals surface area contributed by atoms with Crippen LogP contribution in [0, 0.1) is 11.9 Å². The van der Waals surface area contributed by atoms with Crippen molar-refractivity contribution in [2.75, 3.05) is 5.32 Å². The highest BCUT2D eigenvalue weighted by molar-refractivity contribution is 8.15. The number of amidine groups is 1. The molecule has 37 heavy (non-hydrogen) atoms. The van der Waals surface area contributed by atoms with E-state index < -0.39 is 28.6 Å². The summed E-state index contributed by atoms with van der Waals surface area (Å²) in [6.45, 7) is 1.70. The van der Waals surface area contributed by atoms with Gasteiger partial charge in [-0.05, 0) is 25.5 Å². The van der Waals surface area contributed by atoms with E-state index in [9.17, 15) is 13.2 Å². The average molecular weight is 529 g/mol. The summed E-state index contributed by atoms with van der Waals surface area (Å²) in [5.74, 6) is -0.388. The lowest BCUT2D eigenvalue weighted by molar-refractivity contribution is 0.123. The fraction of sp³-hybridized carbons (Fsp3) is 0.304. The lowest BCUT2D eigenvalue weighted by atomic mass is 9.86. The zero-order valence-electron chi connectivity index (χ0n) is 19.2. The van der Waals surface area contributed by atoms with Crippen molar-refractivity contribution in [3.05, 3.63) is 60.6 Å². The van der Waals surface area contributed by atoms with Crippen molar-refractivity contribution in [3.63, 3.8) is 0 Å². The van der Waals surface area contributed by atoms with E-state index in [1.807, 2.05) is 0 Å². The van der Waals surface area contributed by atoms with Gasteiger partial charge in [-0.3, -0.25) is 4.99 Å². The average Bonchev–Trinajstić information content (AvgIpc) is 3.41. The van der Waals surface area contributed by atoms with Crippen LogP contribution in [0.5, 0.6) is 5.88 Å². The Morgan fingerprint density at radius 2 is 2.11 bits per heavy atom. The third-order valence-electron chi connectivity index (χ3n) is 6.55. The van der Waals surface area contributed by atoms with Gasteiger partial charge in [0, 0.05) is 17.7 Å². The number of nitrogens with zero attached hydrogens (tertiary/aromatic N) is 6. The number of ether oxygens (including phenoxy) is 1. The second-order valence-corrected chi connectivity index (χ2v) is 10.2. The predicted octanol–water partition coefficient (Wildman–Crippen LogP) is 4.17. The molecule has 0 aromatic carbocycles. The van der Waals surface area contributed by atoms with Crippen LogP contribution >= 0.6 is 11.8 Å². The van der Waals surface area contributed by atoms with Gasteiger partial charge in [0.25, 0.3) is 6.43 Å². The number of pyridine rings is 2. The van der Waals surface area contributed by atoms with Crippen molar-refractivity contribution in [3.8, 4) is 5.88 Å². The number of halogens is 3. The predicted molar refractivity (Wildman–Crippen MR) is 129 cm³/mol. The molecule has 190 valence electrons. The van der Waals surface area contributed by atoms with Crippen LogP contribution in [-0.2, 0) is 12.1 Å². The molecule has 4 aromatic rings. The molecule has 0 bridgehead atoms. The molecular weight excluding hydrogens is 509 g/mol. The molecule has 1 aliphatic carbocycles. The van der Waals surface area contributed by atoms with Crippen molar-refractivity contribution in [1.82, 2.24) is 24.9 Å². The molecule has 10 nitrogen and oxygen atoms in total. The first kappa shape index (κ1) is 23.5. The number of rotatable bonds is 7. The summed E-state index contributed by atoms with van der Waals surface area (Å²) in [5.41, 5.74) is 5.98. The number of fused-ring (bicyclic) bond motifs is 2. The molecule has 0 spiro atoms. The maximum absolute atomic E-state index is 14.9. The van der Waals surface area contributed by atoms with Crippen molar-refractivity contribution in [1.29, 1.82) is 0 Å². The molecule has 1 aliphatic heterocycles. The standard InChI is InChI=1S/C23H19F3N8O2S/c1-22(14-7-23(14,20(25)26)37-21(27)34-22)12-6-11(8-31-18(12)24)32-19-17-13(2-3-29-19)33-15(9-30-17)36-10-16-28-4-5-35-16/h2-6,8-9,14,20H,7,10H2,1H3,(H2,27,34)(H,29,32)/t14?,22-,23+/m1/s1. The van der Waals surface area contributed by atoms with Gasteiger partial charge in [-0.15, -0.1) is 0 Å². The van der Waals surface area contributed by atoms with E-state index in [4.69, 9.17) is 14.9 Å². The number of hydrogen-bond donors (Lipinski definition) is 2. The van der Waals surface area contributed by atoms with E-state index in [-0.39, 0.29) is 29.6 Å². The van der Waals surface area contributed by atoms with Gasteiger partial charge < -0.3 is 20.2 Å². The van der Waals surface area contributed by atoms with Crippen LogP contribution in [0.3, 0.4) is 0 Å². The number of aromatic nitrogens is 5. The number of nitrogens with one attached hydrogen (secondary N) is 1. The van der Waals surface area contributed by atoms with Crippen LogP contribution < -0.4 is 15.8 Å². The Kier molecular flexibility index (Phi) is 5.44. The van der Waals surface area contributed by atoms with E-state index in [0.717, 1.165) is 11.8 Å². The topological polar surface area (TPSA) is 137 Å². The normalized spacial score (nSPS) is 24.6. The fourth-order valence-electron chi connectivity index (χ4n) is 4.66. The van der Waals surface area contributed by atoms with Crippen LogP contribution in [0.15, 0.2) is 52.6 Å². The summed E-state index contributed by atoms with van der Waals surface area (Å²) in [4.78, 5) is 25.4.